The third kappa shape index (κ3) is 2.46. The van der Waals surface area contributed by atoms with E-state index in [-0.39, 0.29) is 18.1 Å². The van der Waals surface area contributed by atoms with Gasteiger partial charge in [-0.05, 0) is 5.16 Å². The van der Waals surface area contributed by atoms with Crippen molar-refractivity contribution in [1.29, 1.82) is 0 Å². The maximum atomic E-state index is 10.8. The van der Waals surface area contributed by atoms with Gasteiger partial charge in [0.1, 0.15) is 6.10 Å². The summed E-state index contributed by atoms with van der Waals surface area (Å²) < 4.78 is 13.9. The van der Waals surface area contributed by atoms with E-state index >= 15 is 0 Å². The molecule has 0 radical (unpaired) electrons. The van der Waals surface area contributed by atoms with Crippen molar-refractivity contribution >= 4 is 5.97 Å². The Hall–Kier alpha value is -1.56. The molecule has 1 unspecified atom stereocenters. The summed E-state index contributed by atoms with van der Waals surface area (Å²) in [5, 5.41) is 12.9. The van der Waals surface area contributed by atoms with Crippen LogP contribution in [0.4, 0.5) is 0 Å². The first-order chi connectivity index (χ1) is 6.67. The fourth-order valence-corrected chi connectivity index (χ4v) is 0.867. The van der Waals surface area contributed by atoms with Crippen LogP contribution in [0.3, 0.4) is 0 Å². The number of aromatic nitrogens is 1. The van der Waals surface area contributed by atoms with Crippen LogP contribution in [0.1, 0.15) is 18.3 Å². The molecule has 0 aliphatic heterocycles. The van der Waals surface area contributed by atoms with Crippen LogP contribution in [0.5, 0.6) is 5.88 Å². The molecule has 1 heterocycles. The molecule has 0 saturated heterocycles. The predicted molar refractivity (Wildman–Crippen MR) is 44.6 cm³/mol. The summed E-state index contributed by atoms with van der Waals surface area (Å²) in [7, 11) is 2.67. The number of methoxy groups -OCH3 is 2. The van der Waals surface area contributed by atoms with Crippen LogP contribution >= 0.6 is 0 Å². The number of carbonyl (C=O) groups excluding carboxylic acids is 1. The van der Waals surface area contributed by atoms with Gasteiger partial charge in [0.25, 0.3) is 5.88 Å². The summed E-state index contributed by atoms with van der Waals surface area (Å²) >= 11 is 0. The third-order valence-corrected chi connectivity index (χ3v) is 1.63. The number of aliphatic hydroxyl groups is 1. The van der Waals surface area contributed by atoms with E-state index in [1.165, 1.54) is 20.3 Å². The molecule has 0 aliphatic carbocycles. The molecule has 1 atom stereocenters. The minimum Gasteiger partial charge on any atom is -0.479 e. The van der Waals surface area contributed by atoms with Crippen LogP contribution in [0, 0.1) is 0 Å². The Morgan fingerprint density at radius 2 is 2.43 bits per heavy atom. The molecule has 0 fully saturated rings. The van der Waals surface area contributed by atoms with Crippen molar-refractivity contribution in [2.75, 3.05) is 14.2 Å². The second kappa shape index (κ2) is 4.61. The number of hydrogen-bond acceptors (Lipinski definition) is 6. The molecule has 0 amide bonds. The zero-order valence-corrected chi connectivity index (χ0v) is 7.89. The van der Waals surface area contributed by atoms with Crippen LogP contribution < -0.4 is 4.74 Å². The fourth-order valence-electron chi connectivity index (χ4n) is 0.867. The molecule has 1 aromatic rings. The second-order valence-corrected chi connectivity index (χ2v) is 2.57. The molecule has 1 rings (SSSR count). The summed E-state index contributed by atoms with van der Waals surface area (Å²) in [4.78, 5) is 10.8. The van der Waals surface area contributed by atoms with Crippen LogP contribution in [-0.4, -0.2) is 30.5 Å². The summed E-state index contributed by atoms with van der Waals surface area (Å²) in [5.41, 5.74) is 0. The average Bonchev–Trinajstić information content (AvgIpc) is 2.65. The first-order valence-corrected chi connectivity index (χ1v) is 3.93. The molecule has 78 valence electrons. The van der Waals surface area contributed by atoms with E-state index in [0.29, 0.717) is 0 Å². The molecular weight excluding hydrogens is 190 g/mol. The molecule has 0 bridgehead atoms. The second-order valence-electron chi connectivity index (χ2n) is 2.57. The van der Waals surface area contributed by atoms with Crippen LogP contribution in [-0.2, 0) is 9.53 Å². The van der Waals surface area contributed by atoms with Gasteiger partial charge in [-0.15, -0.1) is 0 Å². The molecule has 0 aromatic carbocycles. The Morgan fingerprint density at radius 1 is 1.71 bits per heavy atom. The molecule has 6 heteroatoms. The van der Waals surface area contributed by atoms with Crippen molar-refractivity contribution in [1.82, 2.24) is 5.16 Å². The zero-order valence-electron chi connectivity index (χ0n) is 7.89. The van der Waals surface area contributed by atoms with E-state index in [0.717, 1.165) is 0 Å². The standard InChI is InChI=1S/C8H11NO5/c1-12-7-4-6(14-9-7)5(10)3-8(11)13-2/h4-5,10H,3H2,1-2H3. The summed E-state index contributed by atoms with van der Waals surface area (Å²) in [6, 6.07) is 1.41. The number of nitrogens with zero attached hydrogens (tertiary/aromatic N) is 1. The smallest absolute Gasteiger partial charge is 0.308 e. The van der Waals surface area contributed by atoms with Gasteiger partial charge in [-0.3, -0.25) is 4.79 Å². The number of esters is 1. The molecule has 14 heavy (non-hydrogen) atoms. The van der Waals surface area contributed by atoms with Gasteiger partial charge in [-0.25, -0.2) is 0 Å². The van der Waals surface area contributed by atoms with Crippen molar-refractivity contribution in [3.63, 3.8) is 0 Å². The van der Waals surface area contributed by atoms with Gasteiger partial charge in [-0.1, -0.05) is 0 Å². The van der Waals surface area contributed by atoms with Gasteiger partial charge in [0.15, 0.2) is 5.76 Å². The van der Waals surface area contributed by atoms with Gasteiger partial charge < -0.3 is 19.1 Å². The van der Waals surface area contributed by atoms with Crippen molar-refractivity contribution < 1.29 is 23.9 Å². The highest BCUT2D eigenvalue weighted by Crippen LogP contribution is 2.20. The summed E-state index contributed by atoms with van der Waals surface area (Å²) in [6.07, 6.45) is -1.23. The van der Waals surface area contributed by atoms with Crippen LogP contribution in [0.25, 0.3) is 0 Å². The average molecular weight is 201 g/mol. The SMILES string of the molecule is COC(=O)CC(O)c1cc(OC)no1. The van der Waals surface area contributed by atoms with Crippen molar-refractivity contribution in [3.05, 3.63) is 11.8 Å². The molecule has 0 aliphatic rings. The first kappa shape index (κ1) is 10.5. The van der Waals surface area contributed by atoms with Gasteiger partial charge in [-0.2, -0.15) is 0 Å². The Labute approximate surface area is 80.4 Å². The fraction of sp³-hybridized carbons (Fsp3) is 0.500. The quantitative estimate of drug-likeness (QED) is 0.704. The monoisotopic (exact) mass is 201 g/mol. The molecular formula is C8H11NO5. The van der Waals surface area contributed by atoms with E-state index < -0.39 is 12.1 Å². The summed E-state index contributed by atoms with van der Waals surface area (Å²) in [5.74, 6) is -0.0935. The largest absolute Gasteiger partial charge is 0.479 e. The highest BCUT2D eigenvalue weighted by atomic mass is 16.5. The molecule has 1 aromatic heterocycles. The Bertz CT molecular complexity index is 308. The number of carbonyl (C=O) groups is 1. The number of hydrogen-bond donors (Lipinski definition) is 1. The maximum absolute atomic E-state index is 10.8. The Kier molecular flexibility index (Phi) is 3.47. The van der Waals surface area contributed by atoms with Crippen molar-refractivity contribution in [3.8, 4) is 5.88 Å². The lowest BCUT2D eigenvalue weighted by Crippen LogP contribution is -2.07. The molecule has 0 saturated carbocycles. The predicted octanol–water partition coefficient (Wildman–Crippen LogP) is 0.280. The number of aliphatic hydroxyl groups excluding tert-OH is 1. The number of ether oxygens (including phenoxy) is 2. The minimum atomic E-state index is -1.06. The van der Waals surface area contributed by atoms with Gasteiger partial charge in [0, 0.05) is 6.07 Å². The van der Waals surface area contributed by atoms with Crippen molar-refractivity contribution in [2.45, 2.75) is 12.5 Å². The van der Waals surface area contributed by atoms with E-state index in [9.17, 15) is 9.90 Å². The topological polar surface area (TPSA) is 81.8 Å². The lowest BCUT2D eigenvalue weighted by Gasteiger charge is -2.03. The van der Waals surface area contributed by atoms with Crippen LogP contribution in [0.15, 0.2) is 10.6 Å². The van der Waals surface area contributed by atoms with E-state index in [4.69, 9.17) is 9.26 Å². The molecule has 6 nitrogen and oxygen atoms in total. The highest BCUT2D eigenvalue weighted by molar-refractivity contribution is 5.69. The van der Waals surface area contributed by atoms with E-state index in [1.54, 1.807) is 0 Å². The lowest BCUT2D eigenvalue weighted by atomic mass is 10.2. The van der Waals surface area contributed by atoms with Crippen LogP contribution in [0.2, 0.25) is 0 Å². The zero-order chi connectivity index (χ0) is 10.6. The lowest BCUT2D eigenvalue weighted by molar-refractivity contribution is -0.143. The Morgan fingerprint density at radius 3 is 2.93 bits per heavy atom. The Balaban J connectivity index is 2.60. The first-order valence-electron chi connectivity index (χ1n) is 3.93. The van der Waals surface area contributed by atoms with Gasteiger partial charge in [0.2, 0.25) is 0 Å². The maximum Gasteiger partial charge on any atom is 0.308 e. The van der Waals surface area contributed by atoms with E-state index in [1.807, 2.05) is 0 Å². The molecule has 0 spiro atoms. The van der Waals surface area contributed by atoms with Gasteiger partial charge >= 0.3 is 5.97 Å². The minimum absolute atomic E-state index is 0.172. The highest BCUT2D eigenvalue weighted by Gasteiger charge is 2.18. The third-order valence-electron chi connectivity index (χ3n) is 1.63. The van der Waals surface area contributed by atoms with Gasteiger partial charge in [0.05, 0.1) is 20.6 Å². The number of rotatable bonds is 4. The van der Waals surface area contributed by atoms with E-state index in [2.05, 4.69) is 9.89 Å². The molecule has 1 N–H and O–H groups in total. The van der Waals surface area contributed by atoms with Crippen molar-refractivity contribution in [2.24, 2.45) is 0 Å². The summed E-state index contributed by atoms with van der Waals surface area (Å²) in [6.45, 7) is 0. The normalized spacial score (nSPS) is 12.2.